The van der Waals surface area contributed by atoms with Crippen LogP contribution in [0.3, 0.4) is 0 Å². The largest absolute Gasteiger partial charge is 0.379 e. The molecule has 3 atom stereocenters. The van der Waals surface area contributed by atoms with E-state index in [0.717, 1.165) is 134 Å². The van der Waals surface area contributed by atoms with Crippen LogP contribution in [0.25, 0.3) is 27.9 Å². The number of alkyl halides is 1. The number of allylic oxidation sites excluding steroid dienone is 4. The minimum absolute atomic E-state index is 0.00890. The minimum Gasteiger partial charge on any atom is -0.379 e. The number of nitrogens with one attached hydrogen (secondary N) is 2. The van der Waals surface area contributed by atoms with Crippen molar-refractivity contribution in [2.45, 2.75) is 184 Å². The number of ketones is 1. The molecule has 1 fully saturated rings. The van der Waals surface area contributed by atoms with Gasteiger partial charge in [0, 0.05) is 88.9 Å². The number of halogens is 2. The second kappa shape index (κ2) is 42.6. The molecule has 1 aromatic heterocycles. The van der Waals surface area contributed by atoms with Crippen molar-refractivity contribution in [3.8, 4) is 11.3 Å². The number of unbranched alkanes of at least 4 members (excludes halogenated alkanes) is 4. The lowest BCUT2D eigenvalue weighted by atomic mass is 9.92. The summed E-state index contributed by atoms with van der Waals surface area (Å²) in [6.45, 7) is 29.7. The number of ether oxygens (including phenoxy) is 3. The molecular formula is C63H99F2N7O6. The predicted octanol–water partition coefficient (Wildman–Crippen LogP) is 14.7. The van der Waals surface area contributed by atoms with Gasteiger partial charge in [-0.25, -0.2) is 23.5 Å². The number of urea groups is 1. The molecule has 78 heavy (non-hydrogen) atoms. The Balaban J connectivity index is 0.000000402. The topological polar surface area (TPSA) is 148 Å². The first-order valence-electron chi connectivity index (χ1n) is 29.3. The molecule has 0 bridgehead atoms. The van der Waals surface area contributed by atoms with Crippen LogP contribution in [0.4, 0.5) is 13.6 Å². The van der Waals surface area contributed by atoms with E-state index >= 15 is 0 Å². The van der Waals surface area contributed by atoms with Gasteiger partial charge in [0.25, 0.3) is 5.91 Å². The number of Topliss-reactive ketones (excluding diaryl/α,β-unsaturated/α-hetero) is 1. The molecule has 2 heterocycles. The molecular weight excluding hydrogens is 989 g/mol. The lowest BCUT2D eigenvalue weighted by Gasteiger charge is -2.26. The van der Waals surface area contributed by atoms with E-state index in [1.165, 1.54) is 36.6 Å². The van der Waals surface area contributed by atoms with Crippen LogP contribution in [0.15, 0.2) is 77.6 Å². The quantitative estimate of drug-likeness (QED) is 0.0365. The Bertz CT molecular complexity index is 2230. The van der Waals surface area contributed by atoms with Gasteiger partial charge < -0.3 is 34.5 Å². The standard InChI is InChI=1S/C26H23F2N3O.C18H36N2O3.C15H30N2O2.C4H10/c27-20-9-4-17(5-10-20)24-25(18-6-11-21(28)12-7-18)30-23-16-19(8-13-22(23)29-24)26(32)31-14-2-1-3-15-31;1-5-10-20(19-4)16-18(3)17-23-13-9-7-8-12-22-15-14-21-11-6-2;1-5-9-14(17-15(19)16-6-2)12(3)10-7-8-11-13(4)18;1-3-4-2/h4-11,13,16,21H,1-3,12,14-15H2;16H,4-15,17H2,1-3H3;12,14H,5-11H2,1-4H3,(H2,16,17,19);3-4H2,1-2H3/b;18-16+;;/t;;12-,14?;/m..1./s1. The van der Waals surface area contributed by atoms with Crippen LogP contribution in [0.1, 0.15) is 188 Å². The summed E-state index contributed by atoms with van der Waals surface area (Å²) in [6.07, 6.45) is 23.3. The van der Waals surface area contributed by atoms with Gasteiger partial charge in [-0.3, -0.25) is 9.80 Å². The van der Waals surface area contributed by atoms with Gasteiger partial charge in [-0.15, -0.1) is 0 Å². The Labute approximate surface area is 468 Å². The zero-order chi connectivity index (χ0) is 57.3. The van der Waals surface area contributed by atoms with Gasteiger partial charge in [0.05, 0.1) is 42.2 Å². The van der Waals surface area contributed by atoms with Crippen molar-refractivity contribution < 1.29 is 37.4 Å². The van der Waals surface area contributed by atoms with E-state index in [1.807, 2.05) is 23.0 Å². The number of piperidine rings is 1. The molecule has 5 rings (SSSR count). The molecule has 1 saturated heterocycles. The van der Waals surface area contributed by atoms with Crippen molar-refractivity contribution in [2.75, 3.05) is 65.8 Å². The highest BCUT2D eigenvalue weighted by Crippen LogP contribution is 2.32. The van der Waals surface area contributed by atoms with Crippen molar-refractivity contribution in [2.24, 2.45) is 11.0 Å². The maximum atomic E-state index is 13.7. The first-order valence-corrected chi connectivity index (χ1v) is 29.3. The van der Waals surface area contributed by atoms with Crippen LogP contribution < -0.4 is 10.6 Å². The van der Waals surface area contributed by atoms with Crippen LogP contribution >= 0.6 is 0 Å². The smallest absolute Gasteiger partial charge is 0.315 e. The minimum atomic E-state index is -1.02. The van der Waals surface area contributed by atoms with Gasteiger partial charge >= 0.3 is 6.03 Å². The van der Waals surface area contributed by atoms with Crippen molar-refractivity contribution >= 4 is 41.0 Å². The number of aromatic nitrogens is 2. The molecule has 15 heteroatoms. The molecule has 0 spiro atoms. The fraction of sp³-hybridized carbons (Fsp3) is 0.619. The van der Waals surface area contributed by atoms with Crippen LogP contribution in [0, 0.1) is 11.7 Å². The molecule has 3 aromatic rings. The highest BCUT2D eigenvalue weighted by molar-refractivity contribution is 5.98. The molecule has 1 aliphatic heterocycles. The summed E-state index contributed by atoms with van der Waals surface area (Å²) in [4.78, 5) is 47.0. The van der Waals surface area contributed by atoms with Crippen molar-refractivity contribution in [3.05, 3.63) is 89.5 Å². The fourth-order valence-electron chi connectivity index (χ4n) is 8.46. The van der Waals surface area contributed by atoms with Crippen LogP contribution in [0.2, 0.25) is 0 Å². The van der Waals surface area contributed by atoms with E-state index in [9.17, 15) is 23.2 Å². The number of rotatable bonds is 31. The van der Waals surface area contributed by atoms with Gasteiger partial charge in [-0.2, -0.15) is 5.10 Å². The van der Waals surface area contributed by atoms with E-state index in [2.05, 4.69) is 70.9 Å². The first kappa shape index (κ1) is 68.7. The van der Waals surface area contributed by atoms with Gasteiger partial charge in [0.2, 0.25) is 0 Å². The lowest BCUT2D eigenvalue weighted by molar-refractivity contribution is -0.117. The summed E-state index contributed by atoms with van der Waals surface area (Å²) >= 11 is 0. The number of carbonyl (C=O) groups is 3. The SMILES string of the molecule is C=NN(/C=C(\C)COCCCCCOCCOCCC)CCC.CCCC.CCCC(NC(=O)NCC)[C@H](C)CCCCC(C)=O.O=C(c1ccc2nc(-c3ccc(F)cc3)c(C3=CCC(F)C=C3)nc2c1)N1CCCCC1. The highest BCUT2D eigenvalue weighted by Gasteiger charge is 2.22. The number of nitrogens with zero attached hydrogens (tertiary/aromatic N) is 5. The average molecular weight is 1090 g/mol. The number of hydrogen-bond acceptors (Lipinski definition) is 10. The molecule has 1 aliphatic carbocycles. The second-order valence-corrected chi connectivity index (χ2v) is 20.2. The number of benzene rings is 2. The summed E-state index contributed by atoms with van der Waals surface area (Å²) < 4.78 is 43.7. The highest BCUT2D eigenvalue weighted by atomic mass is 19.1. The number of carbonyl (C=O) groups excluding carboxylic acids is 3. The molecule has 13 nitrogen and oxygen atoms in total. The Morgan fingerprint density at radius 3 is 2.08 bits per heavy atom. The van der Waals surface area contributed by atoms with Crippen molar-refractivity contribution in [1.29, 1.82) is 0 Å². The molecule has 2 aromatic carbocycles. The number of fused-ring (bicyclic) bond motifs is 1. The van der Waals surface area contributed by atoms with Crippen molar-refractivity contribution in [3.63, 3.8) is 0 Å². The number of likely N-dealkylation sites (tertiary alicyclic amines) is 1. The summed E-state index contributed by atoms with van der Waals surface area (Å²) in [7, 11) is 0. The predicted molar refractivity (Wildman–Crippen MR) is 318 cm³/mol. The number of hydrazone groups is 1. The van der Waals surface area contributed by atoms with Gasteiger partial charge in [-0.05, 0) is 157 Å². The number of amides is 3. The summed E-state index contributed by atoms with van der Waals surface area (Å²) in [6, 6.07) is 11.6. The molecule has 3 amide bonds. The van der Waals surface area contributed by atoms with Crippen molar-refractivity contribution in [1.82, 2.24) is 30.5 Å². The third-order valence-corrected chi connectivity index (χ3v) is 13.0. The molecule has 436 valence electrons. The van der Waals surface area contributed by atoms with E-state index in [0.29, 0.717) is 66.7 Å². The second-order valence-electron chi connectivity index (χ2n) is 20.2. The summed E-state index contributed by atoms with van der Waals surface area (Å²) in [5, 5.41) is 11.6. The summed E-state index contributed by atoms with van der Waals surface area (Å²) in [5.74, 6) is 0.393. The Morgan fingerprint density at radius 2 is 1.47 bits per heavy atom. The van der Waals surface area contributed by atoms with E-state index in [1.54, 1.807) is 49.4 Å². The lowest BCUT2D eigenvalue weighted by Crippen LogP contribution is -2.44. The molecule has 0 saturated carbocycles. The molecule has 2 unspecified atom stereocenters. The third-order valence-electron chi connectivity index (χ3n) is 13.0. The maximum absolute atomic E-state index is 13.7. The molecule has 2 aliphatic rings. The van der Waals surface area contributed by atoms with E-state index in [4.69, 9.17) is 24.2 Å². The normalized spacial score (nSPS) is 14.8. The van der Waals surface area contributed by atoms with Gasteiger partial charge in [0.15, 0.2) is 0 Å². The maximum Gasteiger partial charge on any atom is 0.315 e. The van der Waals surface area contributed by atoms with Crippen LogP contribution in [0.5, 0.6) is 0 Å². The Kier molecular flexibility index (Phi) is 37.5. The Morgan fingerprint density at radius 1 is 0.795 bits per heavy atom. The van der Waals surface area contributed by atoms with Crippen LogP contribution in [-0.4, -0.2) is 122 Å². The van der Waals surface area contributed by atoms with E-state index in [-0.39, 0.29) is 36.0 Å². The van der Waals surface area contributed by atoms with Gasteiger partial charge in [0.1, 0.15) is 17.8 Å². The van der Waals surface area contributed by atoms with Crippen LogP contribution in [-0.2, 0) is 19.0 Å². The zero-order valence-corrected chi connectivity index (χ0v) is 49.3. The van der Waals surface area contributed by atoms with E-state index < -0.39 is 6.17 Å². The third kappa shape index (κ3) is 29.0. The summed E-state index contributed by atoms with van der Waals surface area (Å²) in [5.41, 5.74) is 5.68. The zero-order valence-electron chi connectivity index (χ0n) is 49.3. The Hall–Kier alpha value is -5.38. The average Bonchev–Trinajstić information content (AvgIpc) is 3.48. The number of hydrogen-bond donors (Lipinski definition) is 2. The molecule has 2 N–H and O–H groups in total. The first-order chi connectivity index (χ1) is 37.7. The fourth-order valence-corrected chi connectivity index (χ4v) is 8.46. The molecule has 0 radical (unpaired) electrons. The van der Waals surface area contributed by atoms with Gasteiger partial charge in [-0.1, -0.05) is 79.4 Å². The monoisotopic (exact) mass is 1090 g/mol.